The first-order valence-corrected chi connectivity index (χ1v) is 10.2. The summed E-state index contributed by atoms with van der Waals surface area (Å²) < 4.78 is 7.55. The summed E-state index contributed by atoms with van der Waals surface area (Å²) in [6.45, 7) is 2.53. The summed E-state index contributed by atoms with van der Waals surface area (Å²) in [6.07, 6.45) is 1.81. The molecule has 1 N–H and O–H groups in total. The maximum Gasteiger partial charge on any atom is 0.255 e. The number of hydrogen-bond acceptors (Lipinski definition) is 3. The third kappa shape index (κ3) is 4.35. The Kier molecular flexibility index (Phi) is 5.80. The number of aryl methyl sites for hydroxylation is 3. The number of ether oxygens (including phenoxy) is 1. The molecule has 5 heteroatoms. The fourth-order valence-electron chi connectivity index (χ4n) is 3.52. The number of anilines is 1. The Hall–Kier alpha value is -3.60. The summed E-state index contributed by atoms with van der Waals surface area (Å²) in [5.74, 6) is 1.63. The molecule has 0 aliphatic heterocycles. The quantitative estimate of drug-likeness (QED) is 0.475. The first kappa shape index (κ1) is 19.7. The lowest BCUT2D eigenvalue weighted by atomic mass is 10.1. The number of fused-ring (bicyclic) bond motifs is 1. The predicted molar refractivity (Wildman–Crippen MR) is 120 cm³/mol. The normalized spacial score (nSPS) is 10.9. The Morgan fingerprint density at radius 3 is 2.50 bits per heavy atom. The van der Waals surface area contributed by atoms with Gasteiger partial charge in [-0.05, 0) is 61.4 Å². The summed E-state index contributed by atoms with van der Waals surface area (Å²) >= 11 is 0. The minimum atomic E-state index is -0.155. The molecule has 4 rings (SSSR count). The molecule has 0 bridgehead atoms. The molecule has 5 nitrogen and oxygen atoms in total. The average molecular weight is 399 g/mol. The number of nitrogens with one attached hydrogen (secondary N) is 1. The second-order valence-electron chi connectivity index (χ2n) is 7.19. The Bertz CT molecular complexity index is 1150. The van der Waals surface area contributed by atoms with Gasteiger partial charge in [-0.15, -0.1) is 0 Å². The van der Waals surface area contributed by atoms with Crippen molar-refractivity contribution in [2.24, 2.45) is 7.05 Å². The van der Waals surface area contributed by atoms with Gasteiger partial charge in [0.15, 0.2) is 0 Å². The topological polar surface area (TPSA) is 56.1 Å². The Morgan fingerprint density at radius 1 is 1.00 bits per heavy atom. The summed E-state index contributed by atoms with van der Waals surface area (Å²) in [6, 6.07) is 23.4. The second-order valence-corrected chi connectivity index (χ2v) is 7.19. The lowest BCUT2D eigenvalue weighted by Crippen LogP contribution is -2.11. The highest BCUT2D eigenvalue weighted by atomic mass is 16.5. The largest absolute Gasteiger partial charge is 0.494 e. The van der Waals surface area contributed by atoms with Crippen LogP contribution >= 0.6 is 0 Å². The molecule has 0 unspecified atom stereocenters. The van der Waals surface area contributed by atoms with E-state index >= 15 is 0 Å². The van der Waals surface area contributed by atoms with Crippen molar-refractivity contribution in [2.75, 3.05) is 11.9 Å². The van der Waals surface area contributed by atoms with Crippen molar-refractivity contribution in [3.63, 3.8) is 0 Å². The SMILES string of the molecule is CCOc1ccc(C(=O)Nc2ccc3c(c2)nc(CCc2ccccc2)n3C)cc1. The van der Waals surface area contributed by atoms with E-state index in [1.807, 2.05) is 38.2 Å². The van der Waals surface area contributed by atoms with Crippen LogP contribution in [0.25, 0.3) is 11.0 Å². The predicted octanol–water partition coefficient (Wildman–Crippen LogP) is 5.01. The van der Waals surface area contributed by atoms with Crippen molar-refractivity contribution in [1.29, 1.82) is 0 Å². The van der Waals surface area contributed by atoms with Crippen molar-refractivity contribution in [3.05, 3.63) is 89.7 Å². The van der Waals surface area contributed by atoms with Gasteiger partial charge in [-0.25, -0.2) is 4.98 Å². The van der Waals surface area contributed by atoms with Crippen LogP contribution < -0.4 is 10.1 Å². The molecule has 0 aliphatic rings. The third-order valence-corrected chi connectivity index (χ3v) is 5.14. The Labute approximate surface area is 176 Å². The number of imidazole rings is 1. The van der Waals surface area contributed by atoms with Crippen LogP contribution in [0, 0.1) is 0 Å². The molecular formula is C25H25N3O2. The molecule has 0 aliphatic carbocycles. The van der Waals surface area contributed by atoms with E-state index in [0.717, 1.165) is 41.1 Å². The molecule has 152 valence electrons. The highest BCUT2D eigenvalue weighted by Crippen LogP contribution is 2.21. The molecule has 0 saturated heterocycles. The lowest BCUT2D eigenvalue weighted by molar-refractivity contribution is 0.102. The summed E-state index contributed by atoms with van der Waals surface area (Å²) in [5, 5.41) is 2.96. The number of hydrogen-bond donors (Lipinski definition) is 1. The maximum atomic E-state index is 12.6. The van der Waals surface area contributed by atoms with E-state index in [2.05, 4.69) is 34.1 Å². The minimum absolute atomic E-state index is 0.155. The molecule has 0 spiro atoms. The first-order chi connectivity index (χ1) is 14.6. The fourth-order valence-corrected chi connectivity index (χ4v) is 3.52. The molecule has 0 atom stereocenters. The molecule has 1 heterocycles. The van der Waals surface area contributed by atoms with Gasteiger partial charge >= 0.3 is 0 Å². The molecular weight excluding hydrogens is 374 g/mol. The van der Waals surface area contributed by atoms with Gasteiger partial charge in [-0.1, -0.05) is 30.3 Å². The molecule has 0 fully saturated rings. The van der Waals surface area contributed by atoms with Crippen LogP contribution in [0.2, 0.25) is 0 Å². The highest BCUT2D eigenvalue weighted by molar-refractivity contribution is 6.05. The number of aromatic nitrogens is 2. The number of amides is 1. The van der Waals surface area contributed by atoms with E-state index in [1.54, 1.807) is 24.3 Å². The molecule has 0 radical (unpaired) electrons. The van der Waals surface area contributed by atoms with E-state index in [0.29, 0.717) is 12.2 Å². The molecule has 1 aromatic heterocycles. The zero-order chi connectivity index (χ0) is 20.9. The van der Waals surface area contributed by atoms with Crippen LogP contribution in [-0.4, -0.2) is 22.1 Å². The molecule has 3 aromatic carbocycles. The highest BCUT2D eigenvalue weighted by Gasteiger charge is 2.11. The lowest BCUT2D eigenvalue weighted by Gasteiger charge is -2.07. The van der Waals surface area contributed by atoms with Crippen LogP contribution in [-0.2, 0) is 19.9 Å². The van der Waals surface area contributed by atoms with Crippen molar-refractivity contribution in [1.82, 2.24) is 9.55 Å². The molecule has 0 saturated carbocycles. The Balaban J connectivity index is 1.48. The zero-order valence-corrected chi connectivity index (χ0v) is 17.3. The summed E-state index contributed by atoms with van der Waals surface area (Å²) in [7, 11) is 2.04. The average Bonchev–Trinajstić information content (AvgIpc) is 3.08. The number of carbonyl (C=O) groups is 1. The van der Waals surface area contributed by atoms with E-state index in [1.165, 1.54) is 5.56 Å². The Morgan fingerprint density at radius 2 is 1.77 bits per heavy atom. The van der Waals surface area contributed by atoms with Gasteiger partial charge in [0.25, 0.3) is 5.91 Å². The number of nitrogens with zero attached hydrogens (tertiary/aromatic N) is 2. The van der Waals surface area contributed by atoms with Crippen LogP contribution in [0.5, 0.6) is 5.75 Å². The number of benzene rings is 3. The van der Waals surface area contributed by atoms with Crippen molar-refractivity contribution < 1.29 is 9.53 Å². The van der Waals surface area contributed by atoms with Crippen LogP contribution in [0.3, 0.4) is 0 Å². The number of rotatable bonds is 7. The number of carbonyl (C=O) groups excluding carboxylic acids is 1. The standard InChI is InChI=1S/C25H25N3O2/c1-3-30-21-13-10-19(11-14-21)25(29)26-20-12-15-23-22(17-20)27-24(28(23)2)16-9-18-7-5-4-6-8-18/h4-8,10-15,17H,3,9,16H2,1-2H3,(H,26,29). The fraction of sp³-hybridized carbons (Fsp3) is 0.200. The van der Waals surface area contributed by atoms with Gasteiger partial charge in [0.2, 0.25) is 0 Å². The van der Waals surface area contributed by atoms with Gasteiger partial charge in [0.05, 0.1) is 17.6 Å². The maximum absolute atomic E-state index is 12.6. The smallest absolute Gasteiger partial charge is 0.255 e. The van der Waals surface area contributed by atoms with Gasteiger partial charge in [-0.3, -0.25) is 4.79 Å². The van der Waals surface area contributed by atoms with Crippen LogP contribution in [0.15, 0.2) is 72.8 Å². The van der Waals surface area contributed by atoms with E-state index in [4.69, 9.17) is 9.72 Å². The van der Waals surface area contributed by atoms with E-state index in [-0.39, 0.29) is 5.91 Å². The van der Waals surface area contributed by atoms with Gasteiger partial charge in [-0.2, -0.15) is 0 Å². The summed E-state index contributed by atoms with van der Waals surface area (Å²) in [5.41, 5.74) is 4.55. The first-order valence-electron chi connectivity index (χ1n) is 10.2. The van der Waals surface area contributed by atoms with E-state index in [9.17, 15) is 4.79 Å². The zero-order valence-electron chi connectivity index (χ0n) is 17.3. The second kappa shape index (κ2) is 8.82. The van der Waals surface area contributed by atoms with E-state index < -0.39 is 0 Å². The van der Waals surface area contributed by atoms with Crippen LogP contribution in [0.4, 0.5) is 5.69 Å². The minimum Gasteiger partial charge on any atom is -0.494 e. The van der Waals surface area contributed by atoms with Gasteiger partial charge in [0.1, 0.15) is 11.6 Å². The molecule has 4 aromatic rings. The van der Waals surface area contributed by atoms with Crippen molar-refractivity contribution >= 4 is 22.6 Å². The van der Waals surface area contributed by atoms with Crippen LogP contribution in [0.1, 0.15) is 28.7 Å². The third-order valence-electron chi connectivity index (χ3n) is 5.14. The van der Waals surface area contributed by atoms with Gasteiger partial charge in [0, 0.05) is 24.7 Å². The summed E-state index contributed by atoms with van der Waals surface area (Å²) in [4.78, 5) is 17.4. The molecule has 1 amide bonds. The monoisotopic (exact) mass is 399 g/mol. The van der Waals surface area contributed by atoms with Crippen molar-refractivity contribution in [3.8, 4) is 5.75 Å². The van der Waals surface area contributed by atoms with Gasteiger partial charge < -0.3 is 14.6 Å². The molecule has 30 heavy (non-hydrogen) atoms. The van der Waals surface area contributed by atoms with Crippen molar-refractivity contribution in [2.45, 2.75) is 19.8 Å².